The van der Waals surface area contributed by atoms with Gasteiger partial charge in [0.05, 0.1) is 48.9 Å². The number of nitrogens with zero attached hydrogens (tertiary/aromatic N) is 4. The van der Waals surface area contributed by atoms with Gasteiger partial charge in [-0.25, -0.2) is 0 Å². The van der Waals surface area contributed by atoms with Crippen LogP contribution in [0.2, 0.25) is 0 Å². The van der Waals surface area contributed by atoms with Crippen molar-refractivity contribution in [2.75, 3.05) is 12.8 Å². The van der Waals surface area contributed by atoms with Gasteiger partial charge in [-0.3, -0.25) is 0 Å². The third-order valence-electron chi connectivity index (χ3n) is 16.1. The van der Waals surface area contributed by atoms with Crippen molar-refractivity contribution in [2.45, 2.75) is 26.2 Å². The fourth-order valence-corrected chi connectivity index (χ4v) is 13.5. The smallest absolute Gasteiger partial charge is 0.252 e. The van der Waals surface area contributed by atoms with Gasteiger partial charge in [0.1, 0.15) is 0 Å². The lowest BCUT2D eigenvalue weighted by molar-refractivity contribution is 0.590. The Hall–Kier alpha value is -8.26. The van der Waals surface area contributed by atoms with E-state index in [0.717, 1.165) is 15.8 Å². The monoisotopic (exact) mass is 1140 g/mol. The van der Waals surface area contributed by atoms with Crippen molar-refractivity contribution in [1.82, 2.24) is 18.3 Å². The summed E-state index contributed by atoms with van der Waals surface area (Å²) in [4.78, 5) is 0. The van der Waals surface area contributed by atoms with E-state index in [0.29, 0.717) is 5.41 Å². The zero-order valence-corrected chi connectivity index (χ0v) is 48.3. The standard InChI is InChI=1S/C30H17BN2.C30H19BrN2.C10H14.2CH3Cl/c1-3-14-24-18(8-1)20-10-5-12-22-29(20)32(24)26-16-7-17-27-28(26)31(22)23-13-6-11-21-19-9-2-4-15-25(19)33(27)30(21)23;31-30-28(32-24-14-5-1-10-20(24)21-11-2-6-15-25(21)32)18-9-19-29(30)33-26-16-7-3-12-22(26)23-13-4-8-17-27(23)33;1-10(2,3)9-7-5-4-6-8-9;2*1-2/h1-17H;1-19H;4-8H,1-3H3;2*1H3. The maximum atomic E-state index is 4.64. The first-order valence-electron chi connectivity index (χ1n) is 27.1. The molecule has 2 aliphatic heterocycles. The van der Waals surface area contributed by atoms with E-state index in [1.165, 1.54) is 133 Å². The van der Waals surface area contributed by atoms with Crippen LogP contribution in [0.3, 0.4) is 0 Å². The number of hydrogen-bond acceptors (Lipinski definition) is 0. The van der Waals surface area contributed by atoms with Gasteiger partial charge in [0, 0.05) is 78.3 Å². The quantitative estimate of drug-likeness (QED) is 0.121. The Balaban J connectivity index is 0.000000123. The molecule has 0 saturated heterocycles. The molecule has 80 heavy (non-hydrogen) atoms. The van der Waals surface area contributed by atoms with Crippen LogP contribution in [-0.4, -0.2) is 37.7 Å². The van der Waals surface area contributed by atoms with Crippen LogP contribution in [0.25, 0.3) is 110 Å². The summed E-state index contributed by atoms with van der Waals surface area (Å²) in [5, 5.41) is 10.4. The highest BCUT2D eigenvalue weighted by Crippen LogP contribution is 2.41. The number of hydrogen-bond donors (Lipinski definition) is 0. The highest BCUT2D eigenvalue weighted by Gasteiger charge is 2.40. The van der Waals surface area contributed by atoms with E-state index >= 15 is 0 Å². The Bertz CT molecular complexity index is 4470. The molecule has 0 fully saturated rings. The number of benzene rings is 11. The molecule has 0 radical (unpaired) electrons. The molecule has 8 heteroatoms. The molecule has 11 aromatic carbocycles. The van der Waals surface area contributed by atoms with Crippen LogP contribution in [-0.2, 0) is 5.41 Å². The Labute approximate surface area is 484 Å². The predicted molar refractivity (Wildman–Crippen MR) is 351 cm³/mol. The molecule has 15 aromatic rings. The zero-order valence-electron chi connectivity index (χ0n) is 45.2. The molecule has 0 saturated carbocycles. The van der Waals surface area contributed by atoms with Crippen molar-refractivity contribution in [2.24, 2.45) is 0 Å². The molecule has 0 amide bonds. The fourth-order valence-electron chi connectivity index (χ4n) is 12.9. The number of alkyl halides is 2. The number of halogens is 3. The number of rotatable bonds is 2. The van der Waals surface area contributed by atoms with Crippen LogP contribution >= 0.6 is 39.1 Å². The van der Waals surface area contributed by atoms with Gasteiger partial charge >= 0.3 is 0 Å². The van der Waals surface area contributed by atoms with E-state index in [2.05, 4.69) is 327 Å². The van der Waals surface area contributed by atoms with Crippen LogP contribution in [0, 0.1) is 0 Å². The molecule has 0 N–H and O–H groups in total. The van der Waals surface area contributed by atoms with Gasteiger partial charge in [0.2, 0.25) is 0 Å². The second-order valence-electron chi connectivity index (χ2n) is 21.3. The molecule has 6 heterocycles. The largest absolute Gasteiger partial charge is 0.310 e. The molecule has 388 valence electrons. The maximum absolute atomic E-state index is 4.64. The second kappa shape index (κ2) is 20.8. The molecule has 0 unspecified atom stereocenters. The Morgan fingerprint density at radius 1 is 0.300 bits per heavy atom. The van der Waals surface area contributed by atoms with E-state index in [-0.39, 0.29) is 6.71 Å². The van der Waals surface area contributed by atoms with Gasteiger partial charge in [-0.1, -0.05) is 209 Å². The van der Waals surface area contributed by atoms with Crippen molar-refractivity contribution in [3.8, 4) is 22.7 Å². The Morgan fingerprint density at radius 3 is 0.912 bits per heavy atom. The molecular weight excluding hydrogens is 1080 g/mol. The first-order chi connectivity index (χ1) is 39.3. The molecule has 4 nitrogen and oxygen atoms in total. The molecule has 17 rings (SSSR count). The lowest BCUT2D eigenvalue weighted by Crippen LogP contribution is -2.59. The van der Waals surface area contributed by atoms with Gasteiger partial charge in [-0.15, -0.1) is 23.2 Å². The van der Waals surface area contributed by atoms with Gasteiger partial charge in [0.15, 0.2) is 0 Å². The molecule has 0 bridgehead atoms. The fraction of sp³-hybridized carbons (Fsp3) is 0.0833. The average molecular weight is 1140 g/mol. The second-order valence-corrected chi connectivity index (χ2v) is 22.1. The summed E-state index contributed by atoms with van der Waals surface area (Å²) >= 11 is 13.3. The summed E-state index contributed by atoms with van der Waals surface area (Å²) in [5.74, 6) is 0. The molecular formula is C72H56BBrCl2N4. The van der Waals surface area contributed by atoms with Crippen LogP contribution < -0.4 is 16.4 Å². The molecule has 2 aliphatic rings. The zero-order chi connectivity index (χ0) is 54.8. The topological polar surface area (TPSA) is 19.7 Å². The van der Waals surface area contributed by atoms with Crippen molar-refractivity contribution in [1.29, 1.82) is 0 Å². The van der Waals surface area contributed by atoms with Gasteiger partial charge in [-0.05, 0) is 104 Å². The highest BCUT2D eigenvalue weighted by molar-refractivity contribution is 9.10. The number of aromatic nitrogens is 4. The van der Waals surface area contributed by atoms with E-state index < -0.39 is 0 Å². The van der Waals surface area contributed by atoms with E-state index in [9.17, 15) is 0 Å². The Kier molecular flexibility index (Phi) is 13.3. The first kappa shape index (κ1) is 51.2. The molecule has 0 aliphatic carbocycles. The lowest BCUT2D eigenvalue weighted by Gasteiger charge is -2.33. The van der Waals surface area contributed by atoms with Crippen LogP contribution in [0.4, 0.5) is 0 Å². The summed E-state index contributed by atoms with van der Waals surface area (Å²) in [6.45, 7) is 6.91. The van der Waals surface area contributed by atoms with Gasteiger partial charge in [0.25, 0.3) is 6.71 Å². The minimum absolute atomic E-state index is 0.234. The molecule has 0 spiro atoms. The SMILES string of the molecule is Brc1c(-n2c3ccccc3c3ccccc32)cccc1-n1c2ccccc2c2ccccc21.CC(C)(C)c1ccccc1.CCl.CCl.c1cc2c3c(c1)-n1c4ccccc4c4cccc(c41)B3c1cccc3c4ccccc4n-2c13. The minimum atomic E-state index is 0.234. The normalized spacial score (nSPS) is 12.0. The third-order valence-corrected chi connectivity index (χ3v) is 17.0. The average Bonchev–Trinajstić information content (AvgIpc) is 4.27. The summed E-state index contributed by atoms with van der Waals surface area (Å²) in [6.07, 6.45) is 2.94. The van der Waals surface area contributed by atoms with Gasteiger partial charge < -0.3 is 18.3 Å². The maximum Gasteiger partial charge on any atom is 0.252 e. The van der Waals surface area contributed by atoms with Crippen LogP contribution in [0.5, 0.6) is 0 Å². The van der Waals surface area contributed by atoms with Crippen molar-refractivity contribution in [3.63, 3.8) is 0 Å². The minimum Gasteiger partial charge on any atom is -0.310 e. The number of para-hydroxylation sites is 8. The summed E-state index contributed by atoms with van der Waals surface area (Å²) < 4.78 is 10.8. The summed E-state index contributed by atoms with van der Waals surface area (Å²) in [5.41, 5.74) is 20.9. The predicted octanol–water partition coefficient (Wildman–Crippen LogP) is 18.4. The van der Waals surface area contributed by atoms with E-state index in [1.807, 2.05) is 0 Å². The van der Waals surface area contributed by atoms with Crippen molar-refractivity contribution in [3.05, 3.63) is 259 Å². The third kappa shape index (κ3) is 7.94. The van der Waals surface area contributed by atoms with E-state index in [1.54, 1.807) is 0 Å². The summed E-state index contributed by atoms with van der Waals surface area (Å²) in [6, 6.07) is 89.9. The molecule has 0 atom stereocenters. The first-order valence-corrected chi connectivity index (χ1v) is 29.4. The summed E-state index contributed by atoms with van der Waals surface area (Å²) in [7, 11) is 0. The number of fused-ring (bicyclic) bond motifs is 16. The van der Waals surface area contributed by atoms with Crippen molar-refractivity contribution < 1.29 is 0 Å². The lowest BCUT2D eigenvalue weighted by atomic mass is 9.34. The Morgan fingerprint density at radius 2 is 0.575 bits per heavy atom. The van der Waals surface area contributed by atoms with E-state index in [4.69, 9.17) is 0 Å². The highest BCUT2D eigenvalue weighted by atomic mass is 79.9. The van der Waals surface area contributed by atoms with Gasteiger partial charge in [-0.2, -0.15) is 0 Å². The van der Waals surface area contributed by atoms with Crippen LogP contribution in [0.15, 0.2) is 253 Å². The van der Waals surface area contributed by atoms with Crippen molar-refractivity contribution >= 4 is 149 Å². The molecule has 4 aromatic heterocycles. The van der Waals surface area contributed by atoms with Crippen LogP contribution in [0.1, 0.15) is 26.3 Å².